The fourth-order valence-electron chi connectivity index (χ4n) is 8.88. The van der Waals surface area contributed by atoms with E-state index in [0.29, 0.717) is 11.4 Å². The average Bonchev–Trinajstić information content (AvgIpc) is 4.05. The van der Waals surface area contributed by atoms with Gasteiger partial charge in [0.05, 0.1) is 11.0 Å². The van der Waals surface area contributed by atoms with E-state index < -0.39 is 0 Å². The predicted molar refractivity (Wildman–Crippen MR) is 242 cm³/mol. The molecule has 0 radical (unpaired) electrons. The van der Waals surface area contributed by atoms with Crippen LogP contribution in [0.5, 0.6) is 0 Å². The lowest BCUT2D eigenvalue weighted by atomic mass is 10.00. The van der Waals surface area contributed by atoms with Crippen LogP contribution in [0.15, 0.2) is 178 Å². The summed E-state index contributed by atoms with van der Waals surface area (Å²) in [5, 5.41) is 6.34. The lowest BCUT2D eigenvalue weighted by molar-refractivity contribution is 0.603. The molecular weight excluding hydrogens is 727 g/mol. The number of benzene rings is 7. The van der Waals surface area contributed by atoms with Gasteiger partial charge in [0.15, 0.2) is 11.4 Å². The van der Waals surface area contributed by atoms with Crippen LogP contribution < -0.4 is 0 Å². The number of nitrogens with zero attached hydrogens (tertiary/aromatic N) is 3. The van der Waals surface area contributed by atoms with Gasteiger partial charge in [0.2, 0.25) is 0 Å². The Hall–Kier alpha value is -7.96. The van der Waals surface area contributed by atoms with Gasteiger partial charge in [-0.3, -0.25) is 0 Å². The Morgan fingerprint density at radius 1 is 0.542 bits per heavy atom. The monoisotopic (exact) mass is 759 g/mol. The lowest BCUT2D eigenvalue weighted by Crippen LogP contribution is -1.95. The van der Waals surface area contributed by atoms with E-state index >= 15 is 0 Å². The predicted octanol–water partition coefficient (Wildman–Crippen LogP) is 14.8. The number of aromatic nitrogens is 3. The molecule has 278 valence electrons. The highest BCUT2D eigenvalue weighted by Crippen LogP contribution is 2.43. The molecule has 59 heavy (non-hydrogen) atoms. The van der Waals surface area contributed by atoms with Crippen molar-refractivity contribution in [1.29, 1.82) is 0 Å². The summed E-state index contributed by atoms with van der Waals surface area (Å²) in [5.74, 6) is 1.40. The van der Waals surface area contributed by atoms with Crippen molar-refractivity contribution in [2.24, 2.45) is 0 Å². The summed E-state index contributed by atoms with van der Waals surface area (Å²) in [7, 11) is 0. The summed E-state index contributed by atoms with van der Waals surface area (Å²) in [5.41, 5.74) is 13.7. The molecule has 0 unspecified atom stereocenters. The van der Waals surface area contributed by atoms with E-state index in [0.717, 1.165) is 105 Å². The van der Waals surface area contributed by atoms with Gasteiger partial charge in [0, 0.05) is 54.7 Å². The van der Waals surface area contributed by atoms with Crippen LogP contribution in [-0.2, 0) is 0 Å². The minimum atomic E-state index is 0.627. The third-order valence-corrected chi connectivity index (χ3v) is 11.5. The first-order chi connectivity index (χ1) is 29.1. The summed E-state index contributed by atoms with van der Waals surface area (Å²) in [6.45, 7) is 5.99. The molecule has 12 rings (SSSR count). The fourth-order valence-corrected chi connectivity index (χ4v) is 8.88. The third-order valence-electron chi connectivity index (χ3n) is 11.5. The molecule has 0 aliphatic rings. The van der Waals surface area contributed by atoms with Crippen molar-refractivity contribution in [1.82, 2.24) is 14.5 Å². The van der Waals surface area contributed by atoms with Gasteiger partial charge in [-0.25, -0.2) is 9.97 Å². The van der Waals surface area contributed by atoms with Gasteiger partial charge in [-0.1, -0.05) is 110 Å². The van der Waals surface area contributed by atoms with Crippen molar-refractivity contribution in [3.05, 3.63) is 176 Å². The highest BCUT2D eigenvalue weighted by Gasteiger charge is 2.23. The Balaban J connectivity index is 1.07. The minimum absolute atomic E-state index is 0.627. The van der Waals surface area contributed by atoms with Crippen LogP contribution in [-0.4, -0.2) is 14.5 Å². The summed E-state index contributed by atoms with van der Waals surface area (Å²) in [6.07, 6.45) is 5.89. The fraction of sp³-hybridized carbons (Fsp3) is 0.0189. The van der Waals surface area contributed by atoms with Crippen molar-refractivity contribution in [2.45, 2.75) is 6.92 Å². The summed E-state index contributed by atoms with van der Waals surface area (Å²) in [6, 6.07) is 52.5. The van der Waals surface area contributed by atoms with Crippen LogP contribution >= 0.6 is 0 Å². The Bertz CT molecular complexity index is 3710. The van der Waals surface area contributed by atoms with Gasteiger partial charge in [-0.05, 0) is 84.8 Å². The second-order valence-corrected chi connectivity index (χ2v) is 14.9. The van der Waals surface area contributed by atoms with Gasteiger partial charge in [0.1, 0.15) is 39.3 Å². The number of fused-ring (bicyclic) bond motifs is 10. The molecule has 0 fully saturated rings. The number of hydrogen-bond donors (Lipinski definition) is 0. The van der Waals surface area contributed by atoms with Crippen molar-refractivity contribution in [2.75, 3.05) is 0 Å². The van der Waals surface area contributed by atoms with Gasteiger partial charge in [-0.2, -0.15) is 0 Å². The van der Waals surface area contributed by atoms with Gasteiger partial charge in [0.25, 0.3) is 0 Å². The maximum Gasteiger partial charge on any atom is 0.180 e. The van der Waals surface area contributed by atoms with Crippen molar-refractivity contribution >= 4 is 88.9 Å². The normalized spacial score (nSPS) is 12.2. The number of para-hydroxylation sites is 2. The van der Waals surface area contributed by atoms with Crippen molar-refractivity contribution in [3.63, 3.8) is 0 Å². The average molecular weight is 760 g/mol. The summed E-state index contributed by atoms with van der Waals surface area (Å²) >= 11 is 0. The van der Waals surface area contributed by atoms with E-state index in [-0.39, 0.29) is 0 Å². The van der Waals surface area contributed by atoms with E-state index in [1.807, 2.05) is 73.7 Å². The molecule has 6 heteroatoms. The molecule has 0 saturated heterocycles. The quantitative estimate of drug-likeness (QED) is 0.169. The highest BCUT2D eigenvalue weighted by atomic mass is 16.3. The highest BCUT2D eigenvalue weighted by molar-refractivity contribution is 6.16. The van der Waals surface area contributed by atoms with Crippen LogP contribution in [0.1, 0.15) is 18.2 Å². The summed E-state index contributed by atoms with van der Waals surface area (Å²) < 4.78 is 21.5. The molecule has 0 saturated carbocycles. The largest absolute Gasteiger partial charge is 0.456 e. The second-order valence-electron chi connectivity index (χ2n) is 14.9. The molecule has 0 amide bonds. The van der Waals surface area contributed by atoms with E-state index in [4.69, 9.17) is 23.2 Å². The van der Waals surface area contributed by atoms with E-state index in [2.05, 4.69) is 108 Å². The maximum atomic E-state index is 6.76. The molecule has 5 heterocycles. The minimum Gasteiger partial charge on any atom is -0.456 e. The number of hydrogen-bond acceptors (Lipinski definition) is 5. The summed E-state index contributed by atoms with van der Waals surface area (Å²) in [4.78, 5) is 10.5. The van der Waals surface area contributed by atoms with Crippen LogP contribution in [0.2, 0.25) is 0 Å². The molecule has 6 nitrogen and oxygen atoms in total. The van der Waals surface area contributed by atoms with Gasteiger partial charge < -0.3 is 17.8 Å². The zero-order valence-electron chi connectivity index (χ0n) is 31.9. The molecule has 0 bridgehead atoms. The number of rotatable bonds is 6. The van der Waals surface area contributed by atoms with Crippen molar-refractivity contribution < 1.29 is 13.3 Å². The lowest BCUT2D eigenvalue weighted by Gasteiger charge is -2.09. The molecule has 12 aromatic rings. The van der Waals surface area contributed by atoms with Crippen LogP contribution in [0.3, 0.4) is 0 Å². The van der Waals surface area contributed by atoms with Gasteiger partial charge in [-0.15, -0.1) is 0 Å². The molecule has 7 aromatic carbocycles. The molecule has 0 N–H and O–H groups in total. The van der Waals surface area contributed by atoms with E-state index in [1.165, 1.54) is 10.8 Å². The van der Waals surface area contributed by atoms with Gasteiger partial charge >= 0.3 is 0 Å². The zero-order chi connectivity index (χ0) is 39.2. The zero-order valence-corrected chi connectivity index (χ0v) is 31.9. The Morgan fingerprint density at radius 3 is 2.12 bits per heavy atom. The Morgan fingerprint density at radius 2 is 1.25 bits per heavy atom. The van der Waals surface area contributed by atoms with Crippen LogP contribution in [0, 0.1) is 0 Å². The Kier molecular flexibility index (Phi) is 7.19. The molecule has 0 spiro atoms. The Labute approximate surface area is 337 Å². The molecular formula is C53H33N3O3. The number of furan rings is 3. The third kappa shape index (κ3) is 5.00. The standard InChI is InChI=1S/C53H33N3O3/c1-3-13-36-40-29-33(23-26-46(40)57-44(36)4-2)32-22-25-43-39(28-32)35-16-8-10-19-42(35)56(43)34-24-27-47-41(30-34)51-52(59-47)50(54-53(55-51)31-14-6-5-7-15-31)38-18-12-21-48-49(38)37-17-9-11-20-45(37)58-48/h3-30H,2H2,1H3/b13-3-. The number of allylic oxidation sites excluding steroid dienone is 1. The first-order valence-corrected chi connectivity index (χ1v) is 19.7. The van der Waals surface area contributed by atoms with E-state index in [9.17, 15) is 0 Å². The molecule has 0 atom stereocenters. The molecule has 0 aliphatic carbocycles. The SMILES string of the molecule is C=Cc1oc2ccc(-c3ccc4c(c3)c3ccccc3n4-c3ccc4oc5c(-c6cccc7oc8ccccc8c67)nc(-c6ccccc6)nc5c4c3)cc2c1/C=C\C. The maximum absolute atomic E-state index is 6.76. The van der Waals surface area contributed by atoms with Crippen LogP contribution in [0.4, 0.5) is 0 Å². The smallest absolute Gasteiger partial charge is 0.180 e. The molecule has 0 aliphatic heterocycles. The van der Waals surface area contributed by atoms with Crippen molar-refractivity contribution in [3.8, 4) is 39.5 Å². The van der Waals surface area contributed by atoms with Crippen LogP contribution in [0.25, 0.3) is 128 Å². The second kappa shape index (κ2) is 12.8. The topological polar surface area (TPSA) is 70.1 Å². The molecule has 5 aromatic heterocycles. The van der Waals surface area contributed by atoms with E-state index in [1.54, 1.807) is 6.08 Å². The first kappa shape index (κ1) is 33.2. The first-order valence-electron chi connectivity index (χ1n) is 19.7.